The molecule has 1 amide bonds. The first-order valence-corrected chi connectivity index (χ1v) is 7.10. The summed E-state index contributed by atoms with van der Waals surface area (Å²) in [7, 11) is 1.88. The maximum Gasteiger partial charge on any atom is 0.253 e. The fourth-order valence-corrected chi connectivity index (χ4v) is 2.72. The Kier molecular flexibility index (Phi) is 3.70. The molecule has 1 aromatic heterocycles. The number of hydrogen-bond donors (Lipinski definition) is 1. The molecule has 1 fully saturated rings. The van der Waals surface area contributed by atoms with Crippen molar-refractivity contribution in [2.24, 2.45) is 0 Å². The predicted molar refractivity (Wildman–Crippen MR) is 79.5 cm³/mol. The van der Waals surface area contributed by atoms with Gasteiger partial charge in [-0.05, 0) is 43.7 Å². The summed E-state index contributed by atoms with van der Waals surface area (Å²) in [5.41, 5.74) is 2.66. The SMILES string of the molecule is Cc1cc(C(=O)N(C)C2CCNC2)ccc1-n1cncn1. The van der Waals surface area contributed by atoms with Crippen molar-refractivity contribution < 1.29 is 4.79 Å². The van der Waals surface area contributed by atoms with Gasteiger partial charge in [-0.15, -0.1) is 0 Å². The molecule has 2 aromatic rings. The minimum Gasteiger partial charge on any atom is -0.337 e. The number of amides is 1. The van der Waals surface area contributed by atoms with E-state index in [-0.39, 0.29) is 11.9 Å². The number of carbonyl (C=O) groups is 1. The van der Waals surface area contributed by atoms with Crippen LogP contribution >= 0.6 is 0 Å². The van der Waals surface area contributed by atoms with E-state index in [0.29, 0.717) is 5.56 Å². The Morgan fingerprint density at radius 1 is 1.48 bits per heavy atom. The van der Waals surface area contributed by atoms with Gasteiger partial charge in [0.05, 0.1) is 5.69 Å². The van der Waals surface area contributed by atoms with Crippen molar-refractivity contribution in [3.8, 4) is 5.69 Å². The van der Waals surface area contributed by atoms with Crippen molar-refractivity contribution in [1.29, 1.82) is 0 Å². The minimum absolute atomic E-state index is 0.0666. The van der Waals surface area contributed by atoms with E-state index in [0.717, 1.165) is 30.8 Å². The number of rotatable bonds is 3. The molecule has 0 spiro atoms. The number of aryl methyl sites for hydroxylation is 1. The summed E-state index contributed by atoms with van der Waals surface area (Å²) in [4.78, 5) is 18.3. The zero-order chi connectivity index (χ0) is 14.8. The molecule has 3 rings (SSSR count). The van der Waals surface area contributed by atoms with Crippen molar-refractivity contribution in [2.75, 3.05) is 20.1 Å². The number of likely N-dealkylation sites (N-methyl/N-ethyl adjacent to an activating group) is 1. The van der Waals surface area contributed by atoms with Crippen molar-refractivity contribution in [3.05, 3.63) is 42.0 Å². The van der Waals surface area contributed by atoms with E-state index < -0.39 is 0 Å². The van der Waals surface area contributed by atoms with Crippen LogP contribution in [0.15, 0.2) is 30.9 Å². The molecule has 1 N–H and O–H groups in total. The number of aromatic nitrogens is 3. The van der Waals surface area contributed by atoms with Gasteiger partial charge in [0.2, 0.25) is 0 Å². The average Bonchev–Trinajstić information content (AvgIpc) is 3.18. The minimum atomic E-state index is 0.0666. The quantitative estimate of drug-likeness (QED) is 0.914. The maximum atomic E-state index is 12.5. The number of nitrogens with one attached hydrogen (secondary N) is 1. The van der Waals surface area contributed by atoms with Crippen LogP contribution in [-0.4, -0.2) is 51.8 Å². The lowest BCUT2D eigenvalue weighted by molar-refractivity contribution is 0.0743. The van der Waals surface area contributed by atoms with Crippen LogP contribution < -0.4 is 5.32 Å². The van der Waals surface area contributed by atoms with Crippen molar-refractivity contribution in [1.82, 2.24) is 25.0 Å². The lowest BCUT2D eigenvalue weighted by Gasteiger charge is -2.24. The Hall–Kier alpha value is -2.21. The fraction of sp³-hybridized carbons (Fsp3) is 0.400. The summed E-state index contributed by atoms with van der Waals surface area (Å²) in [5.74, 6) is 0.0666. The van der Waals surface area contributed by atoms with E-state index in [9.17, 15) is 4.79 Å². The molecule has 1 saturated heterocycles. The van der Waals surface area contributed by atoms with E-state index in [1.54, 1.807) is 11.0 Å². The number of nitrogens with zero attached hydrogens (tertiary/aromatic N) is 4. The number of hydrogen-bond acceptors (Lipinski definition) is 4. The molecule has 6 heteroatoms. The second-order valence-corrected chi connectivity index (χ2v) is 5.40. The molecule has 0 radical (unpaired) electrons. The molecule has 2 heterocycles. The van der Waals surface area contributed by atoms with Crippen molar-refractivity contribution in [3.63, 3.8) is 0 Å². The van der Waals surface area contributed by atoms with Gasteiger partial charge in [0.1, 0.15) is 12.7 Å². The van der Waals surface area contributed by atoms with Gasteiger partial charge < -0.3 is 10.2 Å². The van der Waals surface area contributed by atoms with E-state index in [1.807, 2.05) is 37.1 Å². The first-order chi connectivity index (χ1) is 10.2. The molecule has 21 heavy (non-hydrogen) atoms. The standard InChI is InChI=1S/C15H19N5O/c1-11-7-12(3-4-14(11)20-10-17-9-18-20)15(21)19(2)13-5-6-16-8-13/h3-4,7,9-10,13,16H,5-6,8H2,1-2H3. The summed E-state index contributed by atoms with van der Waals surface area (Å²) in [5, 5.41) is 7.41. The molecule has 0 aliphatic carbocycles. The maximum absolute atomic E-state index is 12.5. The molecule has 0 saturated carbocycles. The van der Waals surface area contributed by atoms with Crippen LogP contribution in [0.3, 0.4) is 0 Å². The van der Waals surface area contributed by atoms with Gasteiger partial charge >= 0.3 is 0 Å². The largest absolute Gasteiger partial charge is 0.337 e. The smallest absolute Gasteiger partial charge is 0.253 e. The highest BCUT2D eigenvalue weighted by molar-refractivity contribution is 5.94. The van der Waals surface area contributed by atoms with Crippen LogP contribution in [-0.2, 0) is 0 Å². The van der Waals surface area contributed by atoms with Crippen LogP contribution in [0.25, 0.3) is 5.69 Å². The lowest BCUT2D eigenvalue weighted by Crippen LogP contribution is -2.38. The van der Waals surface area contributed by atoms with E-state index in [1.165, 1.54) is 6.33 Å². The van der Waals surface area contributed by atoms with Crippen molar-refractivity contribution in [2.45, 2.75) is 19.4 Å². The zero-order valence-corrected chi connectivity index (χ0v) is 12.3. The highest BCUT2D eigenvalue weighted by atomic mass is 16.2. The third-order valence-corrected chi connectivity index (χ3v) is 4.01. The van der Waals surface area contributed by atoms with E-state index in [2.05, 4.69) is 15.4 Å². The summed E-state index contributed by atoms with van der Waals surface area (Å²) in [6.45, 7) is 3.83. The second-order valence-electron chi connectivity index (χ2n) is 5.40. The van der Waals surface area contributed by atoms with Crippen LogP contribution in [0.2, 0.25) is 0 Å². The first kappa shape index (κ1) is 13.8. The fourth-order valence-electron chi connectivity index (χ4n) is 2.72. The van der Waals surface area contributed by atoms with Gasteiger partial charge in [-0.2, -0.15) is 5.10 Å². The topological polar surface area (TPSA) is 63.1 Å². The lowest BCUT2D eigenvalue weighted by atomic mass is 10.1. The van der Waals surface area contributed by atoms with Crippen LogP contribution in [0, 0.1) is 6.92 Å². The molecule has 1 aromatic carbocycles. The normalized spacial score (nSPS) is 17.9. The van der Waals surface area contributed by atoms with E-state index in [4.69, 9.17) is 0 Å². The second kappa shape index (κ2) is 5.65. The monoisotopic (exact) mass is 285 g/mol. The molecule has 1 unspecified atom stereocenters. The Balaban J connectivity index is 1.83. The number of carbonyl (C=O) groups excluding carboxylic acids is 1. The molecule has 1 aliphatic heterocycles. The van der Waals surface area contributed by atoms with Crippen LogP contribution in [0.4, 0.5) is 0 Å². The average molecular weight is 285 g/mol. The van der Waals surface area contributed by atoms with Gasteiger partial charge in [0.25, 0.3) is 5.91 Å². The van der Waals surface area contributed by atoms with Gasteiger partial charge in [-0.25, -0.2) is 9.67 Å². The highest BCUT2D eigenvalue weighted by Crippen LogP contribution is 2.17. The van der Waals surface area contributed by atoms with Crippen molar-refractivity contribution >= 4 is 5.91 Å². The molecule has 1 aliphatic rings. The van der Waals surface area contributed by atoms with Crippen LogP contribution in [0.5, 0.6) is 0 Å². The molecule has 6 nitrogen and oxygen atoms in total. The zero-order valence-electron chi connectivity index (χ0n) is 12.3. The summed E-state index contributed by atoms with van der Waals surface area (Å²) < 4.78 is 1.70. The molecule has 1 atom stereocenters. The highest BCUT2D eigenvalue weighted by Gasteiger charge is 2.24. The number of benzene rings is 1. The first-order valence-electron chi connectivity index (χ1n) is 7.10. The van der Waals surface area contributed by atoms with Gasteiger partial charge in [0.15, 0.2) is 0 Å². The Labute approximate surface area is 123 Å². The summed E-state index contributed by atoms with van der Waals surface area (Å²) in [6.07, 6.45) is 4.16. The third kappa shape index (κ3) is 2.67. The van der Waals surface area contributed by atoms with E-state index >= 15 is 0 Å². The Morgan fingerprint density at radius 2 is 2.33 bits per heavy atom. The molecule has 0 bridgehead atoms. The molecular formula is C15H19N5O. The third-order valence-electron chi connectivity index (χ3n) is 4.01. The Morgan fingerprint density at radius 3 is 2.95 bits per heavy atom. The van der Waals surface area contributed by atoms with Gasteiger partial charge in [0, 0.05) is 25.2 Å². The molecular weight excluding hydrogens is 266 g/mol. The van der Waals surface area contributed by atoms with Gasteiger partial charge in [-0.3, -0.25) is 4.79 Å². The van der Waals surface area contributed by atoms with Gasteiger partial charge in [-0.1, -0.05) is 0 Å². The predicted octanol–water partition coefficient (Wildman–Crippen LogP) is 1.01. The molecule has 110 valence electrons. The Bertz CT molecular complexity index is 632. The summed E-state index contributed by atoms with van der Waals surface area (Å²) >= 11 is 0. The van der Waals surface area contributed by atoms with Crippen LogP contribution in [0.1, 0.15) is 22.3 Å². The summed E-state index contributed by atoms with van der Waals surface area (Å²) in [6, 6.07) is 5.97.